The Morgan fingerprint density at radius 1 is 1.37 bits per heavy atom. The number of hydrogen-bond donors (Lipinski definition) is 1. The summed E-state index contributed by atoms with van der Waals surface area (Å²) in [7, 11) is 0. The summed E-state index contributed by atoms with van der Waals surface area (Å²) in [5.74, 6) is 0.697. The van der Waals surface area contributed by atoms with Crippen molar-refractivity contribution in [2.24, 2.45) is 11.7 Å². The lowest BCUT2D eigenvalue weighted by Crippen LogP contribution is -2.44. The van der Waals surface area contributed by atoms with Gasteiger partial charge in [-0.15, -0.1) is 0 Å². The van der Waals surface area contributed by atoms with Crippen molar-refractivity contribution in [1.29, 1.82) is 0 Å². The molecule has 2 aliphatic rings. The molecule has 2 N–H and O–H groups in total. The number of halogens is 1. The topological polar surface area (TPSA) is 29.3 Å². The van der Waals surface area contributed by atoms with Crippen molar-refractivity contribution in [3.8, 4) is 0 Å². The highest BCUT2D eigenvalue weighted by Gasteiger charge is 2.43. The average molecular weight is 262 g/mol. The van der Waals surface area contributed by atoms with Crippen molar-refractivity contribution >= 4 is 0 Å². The maximum Gasteiger partial charge on any atom is 0.128 e. The zero-order valence-electron chi connectivity index (χ0n) is 11.6. The largest absolute Gasteiger partial charge is 0.326 e. The first-order chi connectivity index (χ1) is 9.20. The van der Waals surface area contributed by atoms with Crippen LogP contribution in [0.25, 0.3) is 0 Å². The lowest BCUT2D eigenvalue weighted by atomic mass is 9.94. The molecule has 0 aromatic heterocycles. The molecule has 1 saturated carbocycles. The van der Waals surface area contributed by atoms with Crippen molar-refractivity contribution in [2.45, 2.75) is 50.7 Å². The van der Waals surface area contributed by atoms with E-state index in [-0.39, 0.29) is 17.9 Å². The Bertz CT molecular complexity index is 448. The minimum Gasteiger partial charge on any atom is -0.326 e. The molecule has 0 amide bonds. The second-order valence-electron chi connectivity index (χ2n) is 6.07. The van der Waals surface area contributed by atoms with Gasteiger partial charge in [-0.25, -0.2) is 4.39 Å². The number of likely N-dealkylation sites (tertiary alicyclic amines) is 1. The molecule has 3 heteroatoms. The molecular formula is C16H23FN2. The van der Waals surface area contributed by atoms with Gasteiger partial charge in [-0.3, -0.25) is 4.90 Å². The van der Waals surface area contributed by atoms with Gasteiger partial charge in [0.2, 0.25) is 0 Å². The second-order valence-corrected chi connectivity index (χ2v) is 6.07. The maximum atomic E-state index is 14.1. The van der Waals surface area contributed by atoms with Crippen molar-refractivity contribution in [3.63, 3.8) is 0 Å². The van der Waals surface area contributed by atoms with Gasteiger partial charge >= 0.3 is 0 Å². The second kappa shape index (κ2) is 5.22. The van der Waals surface area contributed by atoms with Crippen LogP contribution in [0.5, 0.6) is 0 Å². The molecule has 1 aliphatic carbocycles. The van der Waals surface area contributed by atoms with Gasteiger partial charge < -0.3 is 5.73 Å². The molecule has 1 aliphatic heterocycles. The standard InChI is InChI=1S/C16H23FN2/c1-2-15(18)16(13-5-3-4-6-14(13)17)19-10-11-7-8-12(19)9-11/h3-6,11-12,15-16H,2,7-10,18H2,1H3. The normalized spacial score (nSPS) is 29.6. The Morgan fingerprint density at radius 2 is 2.16 bits per heavy atom. The highest BCUT2D eigenvalue weighted by molar-refractivity contribution is 5.24. The smallest absolute Gasteiger partial charge is 0.128 e. The number of piperidine rings is 1. The van der Waals surface area contributed by atoms with E-state index in [0.29, 0.717) is 6.04 Å². The van der Waals surface area contributed by atoms with Gasteiger partial charge in [0.15, 0.2) is 0 Å². The fraction of sp³-hybridized carbons (Fsp3) is 0.625. The summed E-state index contributed by atoms with van der Waals surface area (Å²) in [4.78, 5) is 2.47. The highest BCUT2D eigenvalue weighted by Crippen LogP contribution is 2.43. The molecule has 0 radical (unpaired) electrons. The third kappa shape index (κ3) is 2.30. The van der Waals surface area contributed by atoms with Gasteiger partial charge in [-0.2, -0.15) is 0 Å². The Balaban J connectivity index is 1.92. The van der Waals surface area contributed by atoms with Crippen LogP contribution in [0.4, 0.5) is 4.39 Å². The predicted octanol–water partition coefficient (Wildman–Crippen LogP) is 3.09. The summed E-state index contributed by atoms with van der Waals surface area (Å²) >= 11 is 0. The molecule has 3 rings (SSSR count). The molecule has 4 unspecified atom stereocenters. The van der Waals surface area contributed by atoms with Crippen molar-refractivity contribution in [1.82, 2.24) is 4.90 Å². The van der Waals surface area contributed by atoms with Crippen LogP contribution >= 0.6 is 0 Å². The first-order valence-corrected chi connectivity index (χ1v) is 7.46. The SMILES string of the molecule is CCC(N)C(c1ccccc1F)N1CC2CCC1C2. The highest BCUT2D eigenvalue weighted by atomic mass is 19.1. The predicted molar refractivity (Wildman–Crippen MR) is 75.2 cm³/mol. The summed E-state index contributed by atoms with van der Waals surface area (Å²) in [6.45, 7) is 3.18. The molecule has 1 saturated heterocycles. The van der Waals surface area contributed by atoms with Crippen LogP contribution in [0.3, 0.4) is 0 Å². The summed E-state index contributed by atoms with van der Waals surface area (Å²) in [5, 5.41) is 0. The number of hydrogen-bond acceptors (Lipinski definition) is 2. The van der Waals surface area contributed by atoms with Crippen molar-refractivity contribution < 1.29 is 4.39 Å². The first kappa shape index (κ1) is 13.1. The van der Waals surface area contributed by atoms with Crippen LogP contribution in [-0.2, 0) is 0 Å². The molecule has 2 nitrogen and oxygen atoms in total. The molecule has 2 fully saturated rings. The summed E-state index contributed by atoms with van der Waals surface area (Å²) < 4.78 is 14.1. The van der Waals surface area contributed by atoms with E-state index in [1.54, 1.807) is 12.1 Å². The number of fused-ring (bicyclic) bond motifs is 2. The Morgan fingerprint density at radius 3 is 2.74 bits per heavy atom. The van der Waals surface area contributed by atoms with Gasteiger partial charge in [-0.05, 0) is 37.7 Å². The van der Waals surface area contributed by atoms with Crippen LogP contribution in [-0.4, -0.2) is 23.5 Å². The number of rotatable bonds is 4. The van der Waals surface area contributed by atoms with Gasteiger partial charge in [-0.1, -0.05) is 25.1 Å². The molecule has 1 aromatic carbocycles. The first-order valence-electron chi connectivity index (χ1n) is 7.46. The number of nitrogens with zero attached hydrogens (tertiary/aromatic N) is 1. The minimum absolute atomic E-state index is 0.0104. The van der Waals surface area contributed by atoms with E-state index in [1.165, 1.54) is 19.3 Å². The van der Waals surface area contributed by atoms with Gasteiger partial charge in [0.1, 0.15) is 5.82 Å². The molecular weight excluding hydrogens is 239 g/mol. The molecule has 19 heavy (non-hydrogen) atoms. The zero-order chi connectivity index (χ0) is 13.4. The van der Waals surface area contributed by atoms with E-state index in [4.69, 9.17) is 5.73 Å². The van der Waals surface area contributed by atoms with E-state index < -0.39 is 0 Å². The average Bonchev–Trinajstić information content (AvgIpc) is 3.03. The Hall–Kier alpha value is -0.930. The third-order valence-corrected chi connectivity index (χ3v) is 4.91. The van der Waals surface area contributed by atoms with Gasteiger partial charge in [0.25, 0.3) is 0 Å². The van der Waals surface area contributed by atoms with Crippen molar-refractivity contribution in [2.75, 3.05) is 6.54 Å². The molecule has 4 atom stereocenters. The molecule has 0 spiro atoms. The summed E-state index contributed by atoms with van der Waals surface area (Å²) in [6.07, 6.45) is 4.76. The van der Waals surface area contributed by atoms with E-state index in [1.807, 2.05) is 12.1 Å². The fourth-order valence-electron chi connectivity index (χ4n) is 3.90. The van der Waals surface area contributed by atoms with E-state index in [2.05, 4.69) is 11.8 Å². The lowest BCUT2D eigenvalue weighted by molar-refractivity contribution is 0.124. The zero-order valence-corrected chi connectivity index (χ0v) is 11.6. The third-order valence-electron chi connectivity index (χ3n) is 4.91. The number of nitrogens with two attached hydrogens (primary N) is 1. The molecule has 104 valence electrons. The summed E-state index contributed by atoms with van der Waals surface area (Å²) in [6, 6.07) is 7.80. The maximum absolute atomic E-state index is 14.1. The van der Waals surface area contributed by atoms with Crippen LogP contribution < -0.4 is 5.73 Å². The van der Waals surface area contributed by atoms with Crippen LogP contribution in [0.1, 0.15) is 44.2 Å². The quantitative estimate of drug-likeness (QED) is 0.903. The van der Waals surface area contributed by atoms with Crippen molar-refractivity contribution in [3.05, 3.63) is 35.6 Å². The summed E-state index contributed by atoms with van der Waals surface area (Å²) in [5.41, 5.74) is 7.10. The van der Waals surface area contributed by atoms with E-state index >= 15 is 0 Å². The monoisotopic (exact) mass is 262 g/mol. The van der Waals surface area contributed by atoms with E-state index in [9.17, 15) is 4.39 Å². The Kier molecular flexibility index (Phi) is 3.59. The van der Waals surface area contributed by atoms with Crippen LogP contribution in [0, 0.1) is 11.7 Å². The fourth-order valence-corrected chi connectivity index (χ4v) is 3.90. The molecule has 2 bridgehead atoms. The molecule has 1 heterocycles. The lowest BCUT2D eigenvalue weighted by Gasteiger charge is -2.38. The van der Waals surface area contributed by atoms with Gasteiger partial charge in [0, 0.05) is 24.2 Å². The minimum atomic E-state index is -0.112. The van der Waals surface area contributed by atoms with Crippen LogP contribution in [0.15, 0.2) is 24.3 Å². The number of benzene rings is 1. The van der Waals surface area contributed by atoms with Crippen LogP contribution in [0.2, 0.25) is 0 Å². The molecule has 1 aromatic rings. The van der Waals surface area contributed by atoms with Gasteiger partial charge in [0.05, 0.1) is 6.04 Å². The van der Waals surface area contributed by atoms with E-state index in [0.717, 1.165) is 24.4 Å². The Labute approximate surface area is 114 Å².